The van der Waals surface area contributed by atoms with Gasteiger partial charge in [0.05, 0.1) is 6.04 Å². The molecular weight excluding hydrogens is 280 g/mol. The second kappa shape index (κ2) is 6.56. The highest BCUT2D eigenvalue weighted by Crippen LogP contribution is 2.34. The number of hydrogen-bond acceptors (Lipinski definition) is 3. The van der Waals surface area contributed by atoms with E-state index in [0.717, 1.165) is 5.56 Å². The lowest BCUT2D eigenvalue weighted by molar-refractivity contribution is -0.130. The smallest absolute Gasteiger partial charge is 0.311 e. The van der Waals surface area contributed by atoms with E-state index in [-0.39, 0.29) is 18.1 Å². The van der Waals surface area contributed by atoms with Gasteiger partial charge in [0.1, 0.15) is 0 Å². The van der Waals surface area contributed by atoms with E-state index in [4.69, 9.17) is 0 Å². The van der Waals surface area contributed by atoms with Crippen LogP contribution >= 0.6 is 0 Å². The Morgan fingerprint density at radius 2 is 1.86 bits per heavy atom. The monoisotopic (exact) mass is 300 g/mol. The third-order valence-electron chi connectivity index (χ3n) is 3.68. The second-order valence-electron chi connectivity index (χ2n) is 5.35. The summed E-state index contributed by atoms with van der Waals surface area (Å²) in [5.41, 5.74) is 1.72. The maximum Gasteiger partial charge on any atom is 0.329 e. The molecule has 0 bridgehead atoms. The van der Waals surface area contributed by atoms with Gasteiger partial charge in [0.25, 0.3) is 0 Å². The summed E-state index contributed by atoms with van der Waals surface area (Å²) in [6.07, 6.45) is 0.906. The number of amides is 3. The van der Waals surface area contributed by atoms with Gasteiger partial charge in [0.15, 0.2) is 5.78 Å². The summed E-state index contributed by atoms with van der Waals surface area (Å²) in [4.78, 5) is 38.0. The number of ketones is 1. The number of benzene rings is 1. The van der Waals surface area contributed by atoms with E-state index in [1.54, 1.807) is 6.92 Å². The number of nitrogens with zero attached hydrogens (tertiary/aromatic N) is 1. The molecule has 5 nitrogen and oxygen atoms in total. The summed E-state index contributed by atoms with van der Waals surface area (Å²) >= 11 is 0. The first-order valence-corrected chi connectivity index (χ1v) is 7.37. The Morgan fingerprint density at radius 1 is 1.23 bits per heavy atom. The van der Waals surface area contributed by atoms with Crippen LogP contribution in [0.5, 0.6) is 0 Å². The van der Waals surface area contributed by atoms with Crippen molar-refractivity contribution in [2.45, 2.75) is 39.7 Å². The molecule has 116 valence electrons. The van der Waals surface area contributed by atoms with E-state index in [1.165, 1.54) is 11.8 Å². The Hall–Kier alpha value is -2.43. The van der Waals surface area contributed by atoms with Crippen LogP contribution in [0, 0.1) is 0 Å². The summed E-state index contributed by atoms with van der Waals surface area (Å²) < 4.78 is 0. The minimum atomic E-state index is -0.661. The van der Waals surface area contributed by atoms with Gasteiger partial charge in [-0.05, 0) is 25.8 Å². The fraction of sp³-hybridized carbons (Fsp3) is 0.353. The quantitative estimate of drug-likeness (QED) is 0.929. The lowest BCUT2D eigenvalue weighted by atomic mass is 9.91. The fourth-order valence-corrected chi connectivity index (χ4v) is 2.74. The van der Waals surface area contributed by atoms with Crippen LogP contribution in [0.2, 0.25) is 0 Å². The Bertz CT molecular complexity index is 635. The number of Topliss-reactive ketones (excluding diaryl/α,β-unsaturated/α-hetero) is 1. The van der Waals surface area contributed by atoms with Gasteiger partial charge in [-0.3, -0.25) is 14.5 Å². The van der Waals surface area contributed by atoms with Crippen molar-refractivity contribution in [1.29, 1.82) is 0 Å². The molecule has 1 aliphatic rings. The number of hydrogen-bond donors (Lipinski definition) is 1. The summed E-state index contributed by atoms with van der Waals surface area (Å²) in [6.45, 7) is 5.02. The molecule has 1 aromatic carbocycles. The van der Waals surface area contributed by atoms with Gasteiger partial charge in [0.2, 0.25) is 5.91 Å². The topological polar surface area (TPSA) is 66.5 Å². The molecule has 0 aromatic heterocycles. The molecule has 0 fully saturated rings. The predicted molar refractivity (Wildman–Crippen MR) is 82.8 cm³/mol. The zero-order valence-corrected chi connectivity index (χ0v) is 13.1. The molecule has 1 aliphatic heterocycles. The van der Waals surface area contributed by atoms with E-state index in [0.29, 0.717) is 17.7 Å². The SMILES string of the molecule is CCCC(=O)N1C(=O)NC(C)=C(C(C)=O)C1c1ccccc1. The van der Waals surface area contributed by atoms with Gasteiger partial charge in [-0.2, -0.15) is 0 Å². The van der Waals surface area contributed by atoms with Crippen LogP contribution in [-0.2, 0) is 9.59 Å². The first kappa shape index (κ1) is 15.9. The number of imide groups is 1. The largest absolute Gasteiger partial charge is 0.329 e. The molecule has 3 amide bonds. The van der Waals surface area contributed by atoms with Crippen molar-refractivity contribution in [2.24, 2.45) is 0 Å². The molecule has 0 radical (unpaired) electrons. The van der Waals surface area contributed by atoms with E-state index in [2.05, 4.69) is 5.32 Å². The Morgan fingerprint density at radius 3 is 2.41 bits per heavy atom. The number of carbonyl (C=O) groups is 3. The zero-order valence-electron chi connectivity index (χ0n) is 13.1. The fourth-order valence-electron chi connectivity index (χ4n) is 2.74. The molecule has 1 unspecified atom stereocenters. The van der Waals surface area contributed by atoms with Crippen molar-refractivity contribution in [1.82, 2.24) is 10.2 Å². The Balaban J connectivity index is 2.59. The van der Waals surface area contributed by atoms with Crippen molar-refractivity contribution in [3.05, 3.63) is 47.2 Å². The van der Waals surface area contributed by atoms with E-state index in [1.807, 2.05) is 37.3 Å². The maximum atomic E-state index is 12.4. The van der Waals surface area contributed by atoms with Crippen molar-refractivity contribution in [3.8, 4) is 0 Å². The average molecular weight is 300 g/mol. The molecule has 0 saturated heterocycles. The van der Waals surface area contributed by atoms with Gasteiger partial charge < -0.3 is 5.32 Å². The summed E-state index contributed by atoms with van der Waals surface area (Å²) in [6, 6.07) is 8.03. The minimum absolute atomic E-state index is 0.152. The van der Waals surface area contributed by atoms with Crippen LogP contribution in [-0.4, -0.2) is 22.6 Å². The lowest BCUT2D eigenvalue weighted by Crippen LogP contribution is -2.50. The van der Waals surface area contributed by atoms with Crippen LogP contribution in [0.4, 0.5) is 4.79 Å². The molecule has 0 aliphatic carbocycles. The molecule has 1 heterocycles. The maximum absolute atomic E-state index is 12.4. The number of allylic oxidation sites excluding steroid dienone is 1. The number of rotatable bonds is 4. The highest BCUT2D eigenvalue weighted by atomic mass is 16.2. The van der Waals surface area contributed by atoms with Crippen molar-refractivity contribution >= 4 is 17.7 Å². The average Bonchev–Trinajstić information content (AvgIpc) is 2.47. The molecular formula is C17H20N2O3. The highest BCUT2D eigenvalue weighted by molar-refractivity contribution is 6.03. The zero-order chi connectivity index (χ0) is 16.3. The first-order chi connectivity index (χ1) is 10.5. The van der Waals surface area contributed by atoms with Gasteiger partial charge >= 0.3 is 6.03 Å². The third-order valence-corrected chi connectivity index (χ3v) is 3.68. The number of nitrogens with one attached hydrogen (secondary N) is 1. The van der Waals surface area contributed by atoms with Crippen molar-refractivity contribution in [2.75, 3.05) is 0 Å². The van der Waals surface area contributed by atoms with Gasteiger partial charge in [-0.25, -0.2) is 4.79 Å². The minimum Gasteiger partial charge on any atom is -0.311 e. The number of urea groups is 1. The summed E-state index contributed by atoms with van der Waals surface area (Å²) in [5, 5.41) is 2.62. The summed E-state index contributed by atoms with van der Waals surface area (Å²) in [7, 11) is 0. The van der Waals surface area contributed by atoms with Gasteiger partial charge in [0, 0.05) is 17.7 Å². The first-order valence-electron chi connectivity index (χ1n) is 7.37. The van der Waals surface area contributed by atoms with Crippen LogP contribution in [0.25, 0.3) is 0 Å². The highest BCUT2D eigenvalue weighted by Gasteiger charge is 2.39. The molecule has 0 saturated carbocycles. The van der Waals surface area contributed by atoms with E-state index in [9.17, 15) is 14.4 Å². The van der Waals surface area contributed by atoms with Crippen LogP contribution < -0.4 is 5.32 Å². The molecule has 0 spiro atoms. The standard InChI is InChI=1S/C17H20N2O3/c1-4-8-14(21)19-16(13-9-6-5-7-10-13)15(12(3)20)11(2)18-17(19)22/h5-7,9-10,16H,4,8H2,1-3H3,(H,18,22). The molecule has 1 atom stereocenters. The predicted octanol–water partition coefficient (Wildman–Crippen LogP) is 2.94. The van der Waals surface area contributed by atoms with E-state index < -0.39 is 12.1 Å². The van der Waals surface area contributed by atoms with Gasteiger partial charge in [-0.15, -0.1) is 0 Å². The third kappa shape index (κ3) is 2.93. The van der Waals surface area contributed by atoms with Crippen molar-refractivity contribution in [3.63, 3.8) is 0 Å². The van der Waals surface area contributed by atoms with Crippen LogP contribution in [0.3, 0.4) is 0 Å². The van der Waals surface area contributed by atoms with Crippen LogP contribution in [0.15, 0.2) is 41.6 Å². The van der Waals surface area contributed by atoms with Gasteiger partial charge in [-0.1, -0.05) is 37.3 Å². The Labute approximate surface area is 130 Å². The number of carbonyl (C=O) groups excluding carboxylic acids is 3. The van der Waals surface area contributed by atoms with Crippen molar-refractivity contribution < 1.29 is 14.4 Å². The van der Waals surface area contributed by atoms with E-state index >= 15 is 0 Å². The normalized spacial score (nSPS) is 18.2. The molecule has 1 N–H and O–H groups in total. The Kier molecular flexibility index (Phi) is 4.75. The molecule has 22 heavy (non-hydrogen) atoms. The molecule has 5 heteroatoms. The summed E-state index contributed by atoms with van der Waals surface area (Å²) in [5.74, 6) is -0.430. The molecule has 1 aromatic rings. The molecule has 2 rings (SSSR count). The van der Waals surface area contributed by atoms with Crippen LogP contribution in [0.1, 0.15) is 45.2 Å². The lowest BCUT2D eigenvalue weighted by Gasteiger charge is -2.36. The second-order valence-corrected chi connectivity index (χ2v) is 5.35.